The molecule has 0 aromatic heterocycles. The minimum atomic E-state index is -0.808. The number of morpholine rings is 1. The van der Waals surface area contributed by atoms with E-state index in [1.165, 1.54) is 4.90 Å². The zero-order valence-corrected chi connectivity index (χ0v) is 18.7. The molecule has 0 aliphatic carbocycles. The molecule has 2 aromatic rings. The summed E-state index contributed by atoms with van der Waals surface area (Å²) in [5, 5.41) is 2.87. The number of nitrogens with one attached hydrogen (secondary N) is 1. The first-order valence-corrected chi connectivity index (χ1v) is 11.3. The molecule has 33 heavy (non-hydrogen) atoms. The third-order valence-electron chi connectivity index (χ3n) is 5.83. The van der Waals surface area contributed by atoms with Gasteiger partial charge in [0.15, 0.2) is 12.1 Å². The van der Waals surface area contributed by atoms with Crippen molar-refractivity contribution < 1.29 is 23.9 Å². The number of carbonyl (C=O) groups is 3. The van der Waals surface area contributed by atoms with Crippen molar-refractivity contribution >= 4 is 23.6 Å². The highest BCUT2D eigenvalue weighted by molar-refractivity contribution is 5.91. The zero-order valence-electron chi connectivity index (χ0n) is 18.7. The lowest BCUT2D eigenvalue weighted by molar-refractivity contribution is -0.141. The van der Waals surface area contributed by atoms with Gasteiger partial charge in [-0.05, 0) is 29.7 Å². The average molecular weight is 452 g/mol. The topological polar surface area (TPSA) is 88.2 Å². The fourth-order valence-corrected chi connectivity index (χ4v) is 4.19. The molecule has 174 valence electrons. The number of rotatable bonds is 7. The normalized spacial score (nSPS) is 20.5. The number of nitrogens with zero attached hydrogens (tertiary/aromatic N) is 2. The molecule has 2 heterocycles. The van der Waals surface area contributed by atoms with Crippen LogP contribution in [0.4, 0.5) is 10.5 Å². The number of hydrogen-bond donors (Lipinski definition) is 1. The van der Waals surface area contributed by atoms with E-state index in [4.69, 9.17) is 9.47 Å². The summed E-state index contributed by atoms with van der Waals surface area (Å²) in [4.78, 5) is 41.8. The van der Waals surface area contributed by atoms with Gasteiger partial charge in [0.2, 0.25) is 11.8 Å². The van der Waals surface area contributed by atoms with Crippen molar-refractivity contribution in [3.05, 3.63) is 65.7 Å². The van der Waals surface area contributed by atoms with Crippen molar-refractivity contribution in [2.24, 2.45) is 0 Å². The van der Waals surface area contributed by atoms with Crippen LogP contribution in [0.1, 0.15) is 37.0 Å². The summed E-state index contributed by atoms with van der Waals surface area (Å²) >= 11 is 0. The molecule has 1 N–H and O–H groups in total. The number of benzene rings is 2. The van der Waals surface area contributed by atoms with Crippen LogP contribution >= 0.6 is 0 Å². The lowest BCUT2D eigenvalue weighted by Gasteiger charge is -2.33. The molecule has 2 aliphatic rings. The first-order valence-electron chi connectivity index (χ1n) is 11.3. The van der Waals surface area contributed by atoms with Crippen molar-refractivity contribution in [1.82, 2.24) is 9.80 Å². The van der Waals surface area contributed by atoms with Crippen molar-refractivity contribution in [1.29, 1.82) is 0 Å². The largest absolute Gasteiger partial charge is 0.438 e. The van der Waals surface area contributed by atoms with Crippen LogP contribution in [0.2, 0.25) is 0 Å². The van der Waals surface area contributed by atoms with Gasteiger partial charge in [-0.15, -0.1) is 0 Å². The second-order valence-electron chi connectivity index (χ2n) is 8.22. The molecule has 0 saturated carbocycles. The molecule has 0 radical (unpaired) electrons. The van der Waals surface area contributed by atoms with E-state index in [1.807, 2.05) is 43.3 Å². The van der Waals surface area contributed by atoms with Gasteiger partial charge in [0.05, 0.1) is 19.8 Å². The summed E-state index contributed by atoms with van der Waals surface area (Å²) in [7, 11) is 0. The standard InChI is InChI=1S/C25H29N3O5/c1-2-7-21(29)26-20-11-6-10-19(16-20)23-22(24(30)27-12-14-32-15-13-27)28(25(31)33-23)17-18-8-4-3-5-9-18/h3-6,8-11,16,22-23H,2,7,12-15,17H2,1H3,(H,26,29). The van der Waals surface area contributed by atoms with E-state index in [0.29, 0.717) is 44.0 Å². The SMILES string of the molecule is CCCC(=O)Nc1cccc(C2OC(=O)N(Cc3ccccc3)C2C(=O)N2CCOCC2)c1. The number of amides is 3. The smallest absolute Gasteiger partial charge is 0.411 e. The van der Waals surface area contributed by atoms with Crippen molar-refractivity contribution in [2.75, 3.05) is 31.6 Å². The second kappa shape index (κ2) is 10.5. The third-order valence-corrected chi connectivity index (χ3v) is 5.83. The van der Waals surface area contributed by atoms with Gasteiger partial charge in [0.25, 0.3) is 0 Å². The van der Waals surface area contributed by atoms with E-state index < -0.39 is 18.2 Å². The minimum Gasteiger partial charge on any atom is -0.438 e. The van der Waals surface area contributed by atoms with Gasteiger partial charge in [0.1, 0.15) is 0 Å². The summed E-state index contributed by atoms with van der Waals surface area (Å²) < 4.78 is 11.2. The molecule has 2 atom stereocenters. The first kappa shape index (κ1) is 22.8. The van der Waals surface area contributed by atoms with Gasteiger partial charge in [-0.3, -0.25) is 14.5 Å². The molecule has 3 amide bonds. The Hall–Kier alpha value is -3.39. The van der Waals surface area contributed by atoms with Gasteiger partial charge in [-0.25, -0.2) is 4.79 Å². The van der Waals surface area contributed by atoms with Crippen LogP contribution < -0.4 is 5.32 Å². The third kappa shape index (κ3) is 5.34. The Bertz CT molecular complexity index is 991. The summed E-state index contributed by atoms with van der Waals surface area (Å²) in [6.45, 7) is 4.09. The van der Waals surface area contributed by atoms with E-state index in [-0.39, 0.29) is 18.4 Å². The van der Waals surface area contributed by atoms with Crippen LogP contribution in [0.5, 0.6) is 0 Å². The molecule has 2 saturated heterocycles. The van der Waals surface area contributed by atoms with E-state index in [1.54, 1.807) is 23.1 Å². The van der Waals surface area contributed by atoms with Crippen LogP contribution in [-0.2, 0) is 25.6 Å². The average Bonchev–Trinajstić information content (AvgIpc) is 3.16. The van der Waals surface area contributed by atoms with Crippen LogP contribution in [-0.4, -0.2) is 60.1 Å². The minimum absolute atomic E-state index is 0.0790. The summed E-state index contributed by atoms with van der Waals surface area (Å²) in [5.74, 6) is -0.241. The van der Waals surface area contributed by atoms with Crippen molar-refractivity contribution in [3.8, 4) is 0 Å². The Morgan fingerprint density at radius 3 is 2.55 bits per heavy atom. The number of ether oxygens (including phenoxy) is 2. The van der Waals surface area contributed by atoms with Gasteiger partial charge in [-0.2, -0.15) is 0 Å². The maximum Gasteiger partial charge on any atom is 0.411 e. The lowest BCUT2D eigenvalue weighted by Crippen LogP contribution is -2.51. The molecular formula is C25H29N3O5. The van der Waals surface area contributed by atoms with Crippen LogP contribution in [0.3, 0.4) is 0 Å². The molecule has 2 fully saturated rings. The van der Waals surface area contributed by atoms with Gasteiger partial charge in [-0.1, -0.05) is 49.4 Å². The molecule has 0 spiro atoms. The van der Waals surface area contributed by atoms with Crippen LogP contribution in [0, 0.1) is 0 Å². The van der Waals surface area contributed by atoms with Crippen LogP contribution in [0.15, 0.2) is 54.6 Å². The number of anilines is 1. The second-order valence-corrected chi connectivity index (χ2v) is 8.22. The molecule has 0 bridgehead atoms. The molecule has 2 aromatic carbocycles. The van der Waals surface area contributed by atoms with Gasteiger partial charge < -0.3 is 19.7 Å². The summed E-state index contributed by atoms with van der Waals surface area (Å²) in [5.41, 5.74) is 2.19. The molecule has 8 nitrogen and oxygen atoms in total. The highest BCUT2D eigenvalue weighted by Crippen LogP contribution is 2.36. The first-order chi connectivity index (χ1) is 16.1. The Labute approximate surface area is 193 Å². The molecule has 2 aliphatic heterocycles. The quantitative estimate of drug-likeness (QED) is 0.698. The maximum absolute atomic E-state index is 13.6. The fraction of sp³-hybridized carbons (Fsp3) is 0.400. The molecular weight excluding hydrogens is 422 g/mol. The Morgan fingerprint density at radius 2 is 1.82 bits per heavy atom. The van der Waals surface area contributed by atoms with Gasteiger partial charge in [0, 0.05) is 25.2 Å². The maximum atomic E-state index is 13.6. The summed E-state index contributed by atoms with van der Waals surface area (Å²) in [6, 6.07) is 15.9. The lowest BCUT2D eigenvalue weighted by atomic mass is 9.99. The Balaban J connectivity index is 1.63. The number of cyclic esters (lactones) is 1. The highest BCUT2D eigenvalue weighted by atomic mass is 16.6. The predicted molar refractivity (Wildman–Crippen MR) is 122 cm³/mol. The summed E-state index contributed by atoms with van der Waals surface area (Å²) in [6.07, 6.45) is -0.141. The van der Waals surface area contributed by atoms with E-state index in [9.17, 15) is 14.4 Å². The Kier molecular flexibility index (Phi) is 7.24. The van der Waals surface area contributed by atoms with Crippen LogP contribution in [0.25, 0.3) is 0 Å². The van der Waals surface area contributed by atoms with Gasteiger partial charge >= 0.3 is 6.09 Å². The highest BCUT2D eigenvalue weighted by Gasteiger charge is 2.48. The molecule has 8 heteroatoms. The van der Waals surface area contributed by atoms with E-state index >= 15 is 0 Å². The predicted octanol–water partition coefficient (Wildman–Crippen LogP) is 3.35. The molecule has 2 unspecified atom stereocenters. The number of carbonyl (C=O) groups excluding carboxylic acids is 3. The monoisotopic (exact) mass is 451 g/mol. The fourth-order valence-electron chi connectivity index (χ4n) is 4.19. The number of hydrogen-bond acceptors (Lipinski definition) is 5. The molecule has 4 rings (SSSR count). The Morgan fingerprint density at radius 1 is 1.06 bits per heavy atom. The van der Waals surface area contributed by atoms with E-state index in [0.717, 1.165) is 12.0 Å². The van der Waals surface area contributed by atoms with E-state index in [2.05, 4.69) is 5.32 Å². The zero-order chi connectivity index (χ0) is 23.2. The van der Waals surface area contributed by atoms with Crippen molar-refractivity contribution in [2.45, 2.75) is 38.5 Å². The van der Waals surface area contributed by atoms with Crippen molar-refractivity contribution in [3.63, 3.8) is 0 Å².